The van der Waals surface area contributed by atoms with Gasteiger partial charge in [0.2, 0.25) is 0 Å². The Hall–Kier alpha value is -1.20. The number of hydrogen-bond acceptors (Lipinski definition) is 4. The number of carbonyl (C=O) groups is 2. The van der Waals surface area contributed by atoms with Gasteiger partial charge in [-0.1, -0.05) is 46.3 Å². The van der Waals surface area contributed by atoms with Crippen LogP contribution in [0, 0.1) is 45.8 Å². The molecule has 0 heterocycles. The molecule has 0 aromatic heterocycles. The summed E-state index contributed by atoms with van der Waals surface area (Å²) in [5.74, 6) is 0.0558. The number of carboxylic acid groups (broad SMARTS) is 1. The lowest BCUT2D eigenvalue weighted by Gasteiger charge is -2.58. The lowest BCUT2D eigenvalue weighted by atomic mass is 9.43. The van der Waals surface area contributed by atoms with E-state index in [1.165, 1.54) is 0 Å². The Morgan fingerprint density at radius 3 is 2.55 bits per heavy atom. The van der Waals surface area contributed by atoms with Gasteiger partial charge in [0, 0.05) is 18.6 Å². The highest BCUT2D eigenvalue weighted by Crippen LogP contribution is 2.82. The smallest absolute Gasteiger partial charge is 0.315 e. The Labute approximate surface area is 186 Å². The van der Waals surface area contributed by atoms with Crippen LogP contribution in [0.15, 0.2) is 11.6 Å². The number of fused-ring (bicyclic) bond motifs is 2. The van der Waals surface area contributed by atoms with E-state index in [4.69, 9.17) is 9.47 Å². The van der Waals surface area contributed by atoms with E-state index in [2.05, 4.69) is 40.7 Å². The SMILES string of the molecule is CCCOC[C@@]12CC3C(C)C(OCCC)CC3[C@@]3(C=O)C[C@H]1C=C(C(C)C)[C@@]23C(=O)O. The first kappa shape index (κ1) is 23.0. The quantitative estimate of drug-likeness (QED) is 0.307. The number of aliphatic carboxylic acids is 1. The fourth-order valence-corrected chi connectivity index (χ4v) is 8.47. The first-order valence-corrected chi connectivity index (χ1v) is 12.4. The third-order valence-electron chi connectivity index (χ3n) is 9.45. The Morgan fingerprint density at radius 2 is 1.97 bits per heavy atom. The van der Waals surface area contributed by atoms with Gasteiger partial charge in [0.05, 0.1) is 18.1 Å². The lowest BCUT2D eigenvalue weighted by Crippen LogP contribution is -2.63. The largest absolute Gasteiger partial charge is 0.481 e. The van der Waals surface area contributed by atoms with E-state index < -0.39 is 22.2 Å². The van der Waals surface area contributed by atoms with Crippen molar-refractivity contribution in [2.45, 2.75) is 72.8 Å². The van der Waals surface area contributed by atoms with Crippen LogP contribution in [-0.4, -0.2) is 43.3 Å². The molecule has 0 amide bonds. The fraction of sp³-hybridized carbons (Fsp3) is 0.846. The van der Waals surface area contributed by atoms with E-state index in [0.29, 0.717) is 31.5 Å². The molecular formula is C26H40O5. The van der Waals surface area contributed by atoms with E-state index in [-0.39, 0.29) is 23.9 Å². The number of carbonyl (C=O) groups excluding carboxylic acids is 1. The Morgan fingerprint density at radius 1 is 1.26 bits per heavy atom. The molecule has 3 fully saturated rings. The first-order chi connectivity index (χ1) is 14.8. The molecule has 0 saturated heterocycles. The maximum Gasteiger partial charge on any atom is 0.315 e. The van der Waals surface area contributed by atoms with Crippen molar-refractivity contribution in [3.63, 3.8) is 0 Å². The number of rotatable bonds is 10. The summed E-state index contributed by atoms with van der Waals surface area (Å²) >= 11 is 0. The van der Waals surface area contributed by atoms with E-state index >= 15 is 0 Å². The van der Waals surface area contributed by atoms with Crippen molar-refractivity contribution in [1.82, 2.24) is 0 Å². The van der Waals surface area contributed by atoms with Crippen molar-refractivity contribution in [1.29, 1.82) is 0 Å². The second kappa shape index (κ2) is 7.98. The summed E-state index contributed by atoms with van der Waals surface area (Å²) in [6.07, 6.45) is 7.52. The highest BCUT2D eigenvalue weighted by atomic mass is 16.5. The second-order valence-corrected chi connectivity index (χ2v) is 11.0. The number of aldehydes is 1. The first-order valence-electron chi connectivity index (χ1n) is 12.4. The Kier molecular flexibility index (Phi) is 5.92. The number of ether oxygens (including phenoxy) is 2. The van der Waals surface area contributed by atoms with E-state index in [9.17, 15) is 14.7 Å². The molecule has 31 heavy (non-hydrogen) atoms. The molecule has 5 nitrogen and oxygen atoms in total. The topological polar surface area (TPSA) is 72.8 Å². The van der Waals surface area contributed by atoms with E-state index in [1.54, 1.807) is 0 Å². The van der Waals surface area contributed by atoms with Gasteiger partial charge >= 0.3 is 5.97 Å². The zero-order valence-electron chi connectivity index (χ0n) is 19.9. The summed E-state index contributed by atoms with van der Waals surface area (Å²) in [6, 6.07) is 0. The summed E-state index contributed by atoms with van der Waals surface area (Å²) < 4.78 is 12.4. The zero-order chi connectivity index (χ0) is 22.6. The van der Waals surface area contributed by atoms with Crippen LogP contribution < -0.4 is 0 Å². The molecule has 3 saturated carbocycles. The molecule has 174 valence electrons. The van der Waals surface area contributed by atoms with Crippen LogP contribution in [0.4, 0.5) is 0 Å². The molecule has 4 bridgehead atoms. The lowest BCUT2D eigenvalue weighted by molar-refractivity contribution is -0.186. The maximum absolute atomic E-state index is 13.3. The predicted molar refractivity (Wildman–Crippen MR) is 119 cm³/mol. The monoisotopic (exact) mass is 432 g/mol. The molecule has 0 spiro atoms. The van der Waals surface area contributed by atoms with Gasteiger partial charge in [0.25, 0.3) is 0 Å². The van der Waals surface area contributed by atoms with Crippen LogP contribution in [0.2, 0.25) is 0 Å². The summed E-state index contributed by atoms with van der Waals surface area (Å²) in [4.78, 5) is 26.4. The van der Waals surface area contributed by atoms with Crippen molar-refractivity contribution >= 4 is 12.3 Å². The highest BCUT2D eigenvalue weighted by molar-refractivity contribution is 5.90. The second-order valence-electron chi connectivity index (χ2n) is 11.0. The summed E-state index contributed by atoms with van der Waals surface area (Å²) in [7, 11) is 0. The molecule has 1 N–H and O–H groups in total. The van der Waals surface area contributed by atoms with Gasteiger partial charge in [-0.05, 0) is 61.7 Å². The molecule has 0 radical (unpaired) electrons. The van der Waals surface area contributed by atoms with Crippen LogP contribution >= 0.6 is 0 Å². The average Bonchev–Trinajstić information content (AvgIpc) is 3.27. The van der Waals surface area contributed by atoms with Crippen molar-refractivity contribution in [2.24, 2.45) is 45.8 Å². The standard InChI is InChI=1S/C26H40O5/c1-6-8-30-15-25-13-19-17(5)22(31-9-7-2)11-21(19)24(14-27)12-18(25)10-20(16(3)4)26(24,25)23(28)29/h10,14,16-19,21-22H,6-9,11-13,15H2,1-5H3,(H,28,29)/t17?,18-,19?,21?,22?,24+,25+,26+/m1/s1. The van der Waals surface area contributed by atoms with E-state index in [0.717, 1.165) is 44.1 Å². The summed E-state index contributed by atoms with van der Waals surface area (Å²) in [6.45, 7) is 12.4. The molecule has 0 aliphatic heterocycles. The average molecular weight is 433 g/mol. The third-order valence-corrected chi connectivity index (χ3v) is 9.45. The van der Waals surface area contributed by atoms with Crippen LogP contribution in [-0.2, 0) is 19.1 Å². The molecule has 0 aromatic carbocycles. The molecular weight excluding hydrogens is 392 g/mol. The van der Waals surface area contributed by atoms with Crippen LogP contribution in [0.25, 0.3) is 0 Å². The number of allylic oxidation sites excluding steroid dienone is 1. The zero-order valence-corrected chi connectivity index (χ0v) is 19.9. The van der Waals surface area contributed by atoms with Gasteiger partial charge in [-0.25, -0.2) is 0 Å². The summed E-state index contributed by atoms with van der Waals surface area (Å²) in [5.41, 5.74) is -1.60. The van der Waals surface area contributed by atoms with Gasteiger partial charge in [-0.3, -0.25) is 4.79 Å². The maximum atomic E-state index is 13.3. The Balaban J connectivity index is 1.86. The normalized spacial score (nSPS) is 45.1. The van der Waals surface area contributed by atoms with Gasteiger partial charge in [0.15, 0.2) is 0 Å². The minimum atomic E-state index is -1.16. The van der Waals surface area contributed by atoms with Crippen molar-refractivity contribution in [3.05, 3.63) is 11.6 Å². The molecule has 4 rings (SSSR count). The highest BCUT2D eigenvalue weighted by Gasteiger charge is 2.84. The number of carboxylic acids is 1. The molecule has 5 heteroatoms. The minimum absolute atomic E-state index is 0.0599. The molecule has 0 aromatic rings. The van der Waals surface area contributed by atoms with Crippen molar-refractivity contribution in [2.75, 3.05) is 19.8 Å². The molecule has 4 aliphatic rings. The van der Waals surface area contributed by atoms with Gasteiger partial charge in [-0.15, -0.1) is 0 Å². The predicted octanol–water partition coefficient (Wildman–Crippen LogP) is 4.74. The van der Waals surface area contributed by atoms with Crippen LogP contribution in [0.5, 0.6) is 0 Å². The third kappa shape index (κ3) is 2.68. The van der Waals surface area contributed by atoms with Crippen LogP contribution in [0.3, 0.4) is 0 Å². The van der Waals surface area contributed by atoms with Crippen molar-refractivity contribution in [3.8, 4) is 0 Å². The summed E-state index contributed by atoms with van der Waals surface area (Å²) in [5, 5.41) is 10.9. The van der Waals surface area contributed by atoms with Crippen LogP contribution in [0.1, 0.15) is 66.7 Å². The van der Waals surface area contributed by atoms with Gasteiger partial charge in [0.1, 0.15) is 11.7 Å². The Bertz CT molecular complexity index is 759. The van der Waals surface area contributed by atoms with Crippen molar-refractivity contribution < 1.29 is 24.2 Å². The molecule has 8 atom stereocenters. The van der Waals surface area contributed by atoms with Gasteiger partial charge in [-0.2, -0.15) is 0 Å². The molecule has 4 aliphatic carbocycles. The number of hydrogen-bond donors (Lipinski definition) is 1. The van der Waals surface area contributed by atoms with E-state index in [1.807, 2.05) is 0 Å². The van der Waals surface area contributed by atoms with Gasteiger partial charge < -0.3 is 19.4 Å². The fourth-order valence-electron chi connectivity index (χ4n) is 8.47. The minimum Gasteiger partial charge on any atom is -0.481 e. The molecule has 4 unspecified atom stereocenters.